The summed E-state index contributed by atoms with van der Waals surface area (Å²) < 4.78 is 17.8. The predicted molar refractivity (Wildman–Crippen MR) is 124 cm³/mol. The van der Waals surface area contributed by atoms with Crippen molar-refractivity contribution in [3.8, 4) is 11.5 Å². The number of Topliss-reactive ketones (excluding diaryl/α,β-unsaturated/α-hetero) is 1. The van der Waals surface area contributed by atoms with Crippen molar-refractivity contribution < 1.29 is 23.5 Å². The van der Waals surface area contributed by atoms with Crippen LogP contribution < -0.4 is 9.47 Å². The lowest BCUT2D eigenvalue weighted by atomic mass is 10.1. The van der Waals surface area contributed by atoms with Gasteiger partial charge in [0.1, 0.15) is 17.1 Å². The van der Waals surface area contributed by atoms with E-state index in [0.29, 0.717) is 32.9 Å². The Morgan fingerprint density at radius 3 is 2.72 bits per heavy atom. The number of rotatable bonds is 3. The first-order valence-corrected chi connectivity index (χ1v) is 10.8. The Labute approximate surface area is 196 Å². The third-order valence-electron chi connectivity index (χ3n) is 5.11. The van der Waals surface area contributed by atoms with Gasteiger partial charge in [-0.1, -0.05) is 45.7 Å². The van der Waals surface area contributed by atoms with Crippen LogP contribution in [0.5, 0.6) is 11.5 Å². The summed E-state index contributed by atoms with van der Waals surface area (Å²) in [7, 11) is 0. The Balaban J connectivity index is 1.43. The summed E-state index contributed by atoms with van der Waals surface area (Å²) >= 11 is 9.45. The standard InChI is InChI=1S/C25H14BrClO5/c1-13-19(32-25(29)22-12-15-10-16(27)6-8-20(15)30-22)9-7-17-23(28)21(31-24(13)17)11-14-4-2-3-5-18(14)26/h2-12H,1H3/b21-11-. The fraction of sp³-hybridized carbons (Fsp3) is 0.0400. The van der Waals surface area contributed by atoms with Crippen LogP contribution >= 0.6 is 27.5 Å². The molecule has 4 aromatic rings. The van der Waals surface area contributed by atoms with Crippen molar-refractivity contribution in [2.75, 3.05) is 0 Å². The summed E-state index contributed by atoms with van der Waals surface area (Å²) in [6.45, 7) is 1.73. The van der Waals surface area contributed by atoms with Crippen LogP contribution in [0.25, 0.3) is 17.0 Å². The molecule has 1 aromatic heterocycles. The van der Waals surface area contributed by atoms with Gasteiger partial charge in [-0.3, -0.25) is 4.79 Å². The molecule has 3 aromatic carbocycles. The van der Waals surface area contributed by atoms with E-state index >= 15 is 0 Å². The molecule has 0 unspecified atom stereocenters. The van der Waals surface area contributed by atoms with Crippen LogP contribution in [-0.4, -0.2) is 11.8 Å². The molecule has 0 aliphatic carbocycles. The Kier molecular flexibility index (Phi) is 5.12. The summed E-state index contributed by atoms with van der Waals surface area (Å²) in [4.78, 5) is 25.5. The summed E-state index contributed by atoms with van der Waals surface area (Å²) in [6.07, 6.45) is 1.68. The molecular formula is C25H14BrClO5. The molecular weight excluding hydrogens is 496 g/mol. The van der Waals surface area contributed by atoms with E-state index in [2.05, 4.69) is 15.9 Å². The zero-order chi connectivity index (χ0) is 22.4. The summed E-state index contributed by atoms with van der Waals surface area (Å²) in [5, 5.41) is 1.24. The van der Waals surface area contributed by atoms with Gasteiger partial charge in [0.15, 0.2) is 5.76 Å². The highest BCUT2D eigenvalue weighted by Gasteiger charge is 2.31. The van der Waals surface area contributed by atoms with Gasteiger partial charge < -0.3 is 13.9 Å². The Morgan fingerprint density at radius 2 is 1.91 bits per heavy atom. The quantitative estimate of drug-likeness (QED) is 0.169. The second-order valence-corrected chi connectivity index (χ2v) is 8.50. The zero-order valence-corrected chi connectivity index (χ0v) is 19.0. The lowest BCUT2D eigenvalue weighted by molar-refractivity contribution is 0.0702. The molecule has 2 heterocycles. The van der Waals surface area contributed by atoms with Crippen LogP contribution in [0.4, 0.5) is 0 Å². The van der Waals surface area contributed by atoms with Crippen molar-refractivity contribution in [3.63, 3.8) is 0 Å². The highest BCUT2D eigenvalue weighted by molar-refractivity contribution is 9.10. The molecule has 1 aliphatic heterocycles. The monoisotopic (exact) mass is 508 g/mol. The van der Waals surface area contributed by atoms with Crippen molar-refractivity contribution in [2.24, 2.45) is 0 Å². The summed E-state index contributed by atoms with van der Waals surface area (Å²) in [5.41, 5.74) is 2.30. The smallest absolute Gasteiger partial charge is 0.379 e. The summed E-state index contributed by atoms with van der Waals surface area (Å²) in [5.74, 6) is 0.0121. The van der Waals surface area contributed by atoms with Crippen LogP contribution in [0.2, 0.25) is 5.02 Å². The average Bonchev–Trinajstić information content (AvgIpc) is 3.33. The molecule has 158 valence electrons. The van der Waals surface area contributed by atoms with E-state index in [1.54, 1.807) is 49.4 Å². The van der Waals surface area contributed by atoms with E-state index in [1.165, 1.54) is 0 Å². The highest BCUT2D eigenvalue weighted by atomic mass is 79.9. The minimum atomic E-state index is -0.659. The molecule has 1 aliphatic rings. The third kappa shape index (κ3) is 3.61. The molecule has 0 amide bonds. The molecule has 7 heteroatoms. The van der Waals surface area contributed by atoms with E-state index in [4.69, 9.17) is 25.5 Å². The normalized spacial score (nSPS) is 14.0. The van der Waals surface area contributed by atoms with Gasteiger partial charge in [0.2, 0.25) is 11.5 Å². The Morgan fingerprint density at radius 1 is 1.09 bits per heavy atom. The zero-order valence-electron chi connectivity index (χ0n) is 16.6. The number of furan rings is 1. The van der Waals surface area contributed by atoms with Gasteiger partial charge in [-0.15, -0.1) is 0 Å². The van der Waals surface area contributed by atoms with Crippen molar-refractivity contribution >= 4 is 56.3 Å². The maximum Gasteiger partial charge on any atom is 0.379 e. The van der Waals surface area contributed by atoms with E-state index in [9.17, 15) is 9.59 Å². The molecule has 0 saturated heterocycles. The minimum Gasteiger partial charge on any atom is -0.452 e. The number of allylic oxidation sites excluding steroid dienone is 1. The van der Waals surface area contributed by atoms with Gasteiger partial charge in [0.25, 0.3) is 0 Å². The van der Waals surface area contributed by atoms with Crippen molar-refractivity contribution in [1.82, 2.24) is 0 Å². The van der Waals surface area contributed by atoms with Crippen molar-refractivity contribution in [3.05, 3.63) is 98.4 Å². The second kappa shape index (κ2) is 7.97. The second-order valence-electron chi connectivity index (χ2n) is 7.21. The van der Waals surface area contributed by atoms with E-state index < -0.39 is 5.97 Å². The van der Waals surface area contributed by atoms with Crippen LogP contribution in [-0.2, 0) is 0 Å². The van der Waals surface area contributed by atoms with Crippen LogP contribution in [0.15, 0.2) is 75.3 Å². The number of halogens is 2. The molecule has 0 spiro atoms. The molecule has 0 saturated carbocycles. The van der Waals surface area contributed by atoms with E-state index in [1.807, 2.05) is 24.3 Å². The fourth-order valence-corrected chi connectivity index (χ4v) is 4.06. The average molecular weight is 510 g/mol. The lowest BCUT2D eigenvalue weighted by Gasteiger charge is -2.09. The first-order chi connectivity index (χ1) is 15.4. The van der Waals surface area contributed by atoms with Crippen LogP contribution in [0, 0.1) is 6.92 Å². The molecule has 0 radical (unpaired) electrons. The Hall–Kier alpha value is -3.35. The summed E-state index contributed by atoms with van der Waals surface area (Å²) in [6, 6.07) is 17.3. The molecule has 0 fully saturated rings. The maximum atomic E-state index is 12.8. The van der Waals surface area contributed by atoms with Crippen molar-refractivity contribution in [2.45, 2.75) is 6.92 Å². The number of benzene rings is 3. The Bertz CT molecular complexity index is 1450. The van der Waals surface area contributed by atoms with Gasteiger partial charge in [0, 0.05) is 20.4 Å². The topological polar surface area (TPSA) is 65.7 Å². The minimum absolute atomic E-state index is 0.0497. The van der Waals surface area contributed by atoms with Crippen LogP contribution in [0.3, 0.4) is 0 Å². The SMILES string of the molecule is Cc1c(OC(=O)c2cc3cc(Cl)ccc3o2)ccc2c1O/C(=C\c1ccccc1Br)C2=O. The fourth-order valence-electron chi connectivity index (χ4n) is 3.48. The number of fused-ring (bicyclic) bond motifs is 2. The number of ether oxygens (including phenoxy) is 2. The number of esters is 1. The molecule has 0 bridgehead atoms. The number of ketones is 1. The van der Waals surface area contributed by atoms with Crippen molar-refractivity contribution in [1.29, 1.82) is 0 Å². The molecule has 0 atom stereocenters. The number of hydrogen-bond acceptors (Lipinski definition) is 5. The first-order valence-electron chi connectivity index (χ1n) is 9.64. The number of hydrogen-bond donors (Lipinski definition) is 0. The van der Waals surface area contributed by atoms with Gasteiger partial charge in [-0.2, -0.15) is 0 Å². The lowest BCUT2D eigenvalue weighted by Crippen LogP contribution is -2.08. The van der Waals surface area contributed by atoms with Gasteiger partial charge in [-0.05, 0) is 61.0 Å². The van der Waals surface area contributed by atoms with Gasteiger partial charge >= 0.3 is 5.97 Å². The highest BCUT2D eigenvalue weighted by Crippen LogP contribution is 2.40. The molecule has 5 nitrogen and oxygen atoms in total. The number of carbonyl (C=O) groups excluding carboxylic acids is 2. The van der Waals surface area contributed by atoms with E-state index in [0.717, 1.165) is 10.0 Å². The largest absolute Gasteiger partial charge is 0.452 e. The maximum absolute atomic E-state index is 12.8. The van der Waals surface area contributed by atoms with E-state index in [-0.39, 0.29) is 23.1 Å². The van der Waals surface area contributed by atoms with Gasteiger partial charge in [-0.25, -0.2) is 4.79 Å². The predicted octanol–water partition coefficient (Wildman–Crippen LogP) is 6.99. The molecule has 0 N–H and O–H groups in total. The van der Waals surface area contributed by atoms with Crippen LogP contribution in [0.1, 0.15) is 32.0 Å². The molecule has 5 rings (SSSR count). The molecule has 32 heavy (non-hydrogen) atoms. The number of carbonyl (C=O) groups is 2. The third-order valence-corrected chi connectivity index (χ3v) is 6.07. The van der Waals surface area contributed by atoms with Gasteiger partial charge in [0.05, 0.1) is 5.56 Å². The first kappa shape index (κ1) is 20.5.